The Balaban J connectivity index is 1.65. The van der Waals surface area contributed by atoms with Gasteiger partial charge in [-0.2, -0.15) is 0 Å². The second-order valence-electron chi connectivity index (χ2n) is 6.30. The SMILES string of the molecule is Clc1cc(Cl)c(-n2c[n+]3c(n2)CO[C@H]2Cc4ccccc4[C@H]23)c(Cl)c1. The number of nitrogens with zero attached hydrogens (tertiary/aromatic N) is 3. The van der Waals surface area contributed by atoms with Crippen LogP contribution in [0, 0.1) is 0 Å². The number of benzene rings is 2. The van der Waals surface area contributed by atoms with E-state index in [9.17, 15) is 0 Å². The van der Waals surface area contributed by atoms with E-state index in [0.29, 0.717) is 27.4 Å². The molecule has 4 nitrogen and oxygen atoms in total. The van der Waals surface area contributed by atoms with Crippen LogP contribution >= 0.6 is 34.8 Å². The Labute approximate surface area is 159 Å². The maximum absolute atomic E-state index is 6.36. The minimum Gasteiger partial charge on any atom is -0.363 e. The summed E-state index contributed by atoms with van der Waals surface area (Å²) in [6.07, 6.45) is 2.99. The van der Waals surface area contributed by atoms with Gasteiger partial charge in [-0.25, -0.2) is 4.57 Å². The maximum Gasteiger partial charge on any atom is 0.304 e. The third-order valence-corrected chi connectivity index (χ3v) is 5.63. The van der Waals surface area contributed by atoms with E-state index < -0.39 is 0 Å². The van der Waals surface area contributed by atoms with Crippen LogP contribution in [0.3, 0.4) is 0 Å². The molecule has 126 valence electrons. The lowest BCUT2D eigenvalue weighted by atomic mass is 10.1. The molecule has 1 aliphatic heterocycles. The molecule has 0 unspecified atom stereocenters. The van der Waals surface area contributed by atoms with Gasteiger partial charge in [0.05, 0.1) is 10.0 Å². The van der Waals surface area contributed by atoms with E-state index in [-0.39, 0.29) is 12.1 Å². The van der Waals surface area contributed by atoms with E-state index in [0.717, 1.165) is 12.2 Å². The predicted octanol–water partition coefficient (Wildman–Crippen LogP) is 4.16. The number of ether oxygens (including phenoxy) is 1. The van der Waals surface area contributed by atoms with Crippen LogP contribution in [-0.2, 0) is 17.8 Å². The van der Waals surface area contributed by atoms with Crippen molar-refractivity contribution in [2.45, 2.75) is 25.2 Å². The zero-order valence-electron chi connectivity index (χ0n) is 13.0. The smallest absolute Gasteiger partial charge is 0.304 e. The van der Waals surface area contributed by atoms with E-state index in [1.54, 1.807) is 16.8 Å². The van der Waals surface area contributed by atoms with Crippen LogP contribution < -0.4 is 4.57 Å². The molecule has 2 aromatic carbocycles. The Bertz CT molecular complexity index is 978. The number of fused-ring (bicyclic) bond motifs is 5. The Morgan fingerprint density at radius 1 is 1.12 bits per heavy atom. The van der Waals surface area contributed by atoms with Gasteiger partial charge in [-0.15, -0.1) is 0 Å². The average molecular weight is 394 g/mol. The van der Waals surface area contributed by atoms with Crippen LogP contribution in [0.5, 0.6) is 0 Å². The minimum atomic E-state index is 0.124. The fourth-order valence-electron chi connectivity index (χ4n) is 3.78. The van der Waals surface area contributed by atoms with Gasteiger partial charge in [0.15, 0.2) is 5.69 Å². The summed E-state index contributed by atoms with van der Waals surface area (Å²) in [6, 6.07) is 11.9. The second-order valence-corrected chi connectivity index (χ2v) is 7.55. The van der Waals surface area contributed by atoms with Crippen LogP contribution in [0.15, 0.2) is 42.7 Å². The second kappa shape index (κ2) is 5.71. The molecule has 7 heteroatoms. The molecule has 0 bridgehead atoms. The monoisotopic (exact) mass is 392 g/mol. The standard InChI is InChI=1S/C18H13Cl3N3O/c19-11-6-13(20)18(14(21)7-11)24-9-23-16(22-24)8-25-15-5-10-3-1-2-4-12(10)17(15)23/h1-4,6-7,9,15,17H,5,8H2/q+1/t15-,17+/m0/s1. The topological polar surface area (TPSA) is 30.9 Å². The molecule has 2 heterocycles. The van der Waals surface area contributed by atoms with Crippen LogP contribution in [0.25, 0.3) is 5.69 Å². The zero-order chi connectivity index (χ0) is 17.1. The molecule has 2 atom stereocenters. The largest absolute Gasteiger partial charge is 0.363 e. The van der Waals surface area contributed by atoms with Gasteiger partial charge in [0.1, 0.15) is 18.8 Å². The van der Waals surface area contributed by atoms with Crippen molar-refractivity contribution in [1.82, 2.24) is 9.78 Å². The van der Waals surface area contributed by atoms with Gasteiger partial charge < -0.3 is 4.74 Å². The highest BCUT2D eigenvalue weighted by Gasteiger charge is 2.43. The third-order valence-electron chi connectivity index (χ3n) is 4.84. The number of aromatic nitrogens is 3. The summed E-state index contributed by atoms with van der Waals surface area (Å²) in [4.78, 5) is 0. The van der Waals surface area contributed by atoms with Crippen LogP contribution in [0.2, 0.25) is 15.1 Å². The van der Waals surface area contributed by atoms with Gasteiger partial charge in [-0.1, -0.05) is 63.8 Å². The van der Waals surface area contributed by atoms with Gasteiger partial charge in [-0.3, -0.25) is 0 Å². The molecule has 0 amide bonds. The molecule has 0 saturated carbocycles. The maximum atomic E-state index is 6.36. The summed E-state index contributed by atoms with van der Waals surface area (Å²) in [6.45, 7) is 0.463. The number of rotatable bonds is 1. The van der Waals surface area contributed by atoms with Gasteiger partial charge >= 0.3 is 5.82 Å². The average Bonchev–Trinajstić information content (AvgIpc) is 3.13. The summed E-state index contributed by atoms with van der Waals surface area (Å²) >= 11 is 18.7. The van der Waals surface area contributed by atoms with Gasteiger partial charge in [0.2, 0.25) is 6.33 Å². The fraction of sp³-hybridized carbons (Fsp3) is 0.222. The lowest BCUT2D eigenvalue weighted by molar-refractivity contribution is -0.739. The summed E-state index contributed by atoms with van der Waals surface area (Å²) in [5.41, 5.74) is 3.23. The molecule has 0 saturated heterocycles. The lowest BCUT2D eigenvalue weighted by Crippen LogP contribution is -2.51. The van der Waals surface area contributed by atoms with Crippen molar-refractivity contribution < 1.29 is 9.30 Å². The van der Waals surface area contributed by atoms with Crippen molar-refractivity contribution >= 4 is 34.8 Å². The highest BCUT2D eigenvalue weighted by atomic mass is 35.5. The summed E-state index contributed by atoms with van der Waals surface area (Å²) in [7, 11) is 0. The van der Waals surface area contributed by atoms with E-state index in [2.05, 4.69) is 33.9 Å². The van der Waals surface area contributed by atoms with Crippen LogP contribution in [0.4, 0.5) is 0 Å². The molecule has 0 N–H and O–H groups in total. The molecular formula is C18H13Cl3N3O+. The van der Waals surface area contributed by atoms with Crippen molar-refractivity contribution in [3.05, 3.63) is 74.7 Å². The number of halogens is 3. The van der Waals surface area contributed by atoms with Crippen molar-refractivity contribution in [2.24, 2.45) is 0 Å². The Hall–Kier alpha value is -1.59. The highest BCUT2D eigenvalue weighted by molar-refractivity contribution is 6.40. The predicted molar refractivity (Wildman–Crippen MR) is 95.7 cm³/mol. The van der Waals surface area contributed by atoms with E-state index in [1.807, 2.05) is 6.33 Å². The van der Waals surface area contributed by atoms with E-state index >= 15 is 0 Å². The summed E-state index contributed by atoms with van der Waals surface area (Å²) < 4.78 is 9.94. The molecule has 2 aliphatic rings. The first-order valence-corrected chi connectivity index (χ1v) is 9.09. The lowest BCUT2D eigenvalue weighted by Gasteiger charge is -2.23. The molecule has 3 aromatic rings. The van der Waals surface area contributed by atoms with Gasteiger partial charge in [-0.05, 0) is 23.3 Å². The molecule has 1 aromatic heterocycles. The normalized spacial score (nSPS) is 20.9. The quantitative estimate of drug-likeness (QED) is 0.581. The van der Waals surface area contributed by atoms with Crippen molar-refractivity contribution in [2.75, 3.05) is 0 Å². The van der Waals surface area contributed by atoms with Crippen molar-refractivity contribution in [3.8, 4) is 5.69 Å². The van der Waals surface area contributed by atoms with Crippen LogP contribution in [-0.4, -0.2) is 15.9 Å². The first-order valence-electron chi connectivity index (χ1n) is 7.96. The van der Waals surface area contributed by atoms with Gasteiger partial charge in [0.25, 0.3) is 0 Å². The molecular weight excluding hydrogens is 381 g/mol. The van der Waals surface area contributed by atoms with Gasteiger partial charge in [0, 0.05) is 16.5 Å². The molecule has 0 spiro atoms. The molecule has 1 aliphatic carbocycles. The number of hydrogen-bond donors (Lipinski definition) is 0. The first-order chi connectivity index (χ1) is 12.1. The minimum absolute atomic E-state index is 0.124. The fourth-order valence-corrected chi connectivity index (χ4v) is 4.77. The van der Waals surface area contributed by atoms with E-state index in [4.69, 9.17) is 39.5 Å². The summed E-state index contributed by atoms with van der Waals surface area (Å²) in [5.74, 6) is 0.847. The van der Waals surface area contributed by atoms with Crippen LogP contribution in [0.1, 0.15) is 23.0 Å². The zero-order valence-corrected chi connectivity index (χ0v) is 15.3. The summed E-state index contributed by atoms with van der Waals surface area (Å²) in [5, 5.41) is 6.07. The van der Waals surface area contributed by atoms with Crippen molar-refractivity contribution in [3.63, 3.8) is 0 Å². The molecule has 5 rings (SSSR count). The third kappa shape index (κ3) is 2.40. The van der Waals surface area contributed by atoms with Crippen molar-refractivity contribution in [1.29, 1.82) is 0 Å². The first kappa shape index (κ1) is 15.6. The molecule has 0 radical (unpaired) electrons. The Morgan fingerprint density at radius 2 is 1.88 bits per heavy atom. The Kier molecular flexibility index (Phi) is 3.57. The van der Waals surface area contributed by atoms with E-state index in [1.165, 1.54) is 11.1 Å². The molecule has 25 heavy (non-hydrogen) atoms. The molecule has 0 fully saturated rings. The number of hydrogen-bond acceptors (Lipinski definition) is 2. The highest BCUT2D eigenvalue weighted by Crippen LogP contribution is 2.36. The Morgan fingerprint density at radius 3 is 2.68 bits per heavy atom.